The van der Waals surface area contributed by atoms with E-state index in [4.69, 9.17) is 21.8 Å². The van der Waals surface area contributed by atoms with Crippen LogP contribution in [0.3, 0.4) is 0 Å². The van der Waals surface area contributed by atoms with Gasteiger partial charge < -0.3 is 28.1 Å². The van der Waals surface area contributed by atoms with Crippen molar-refractivity contribution in [1.82, 2.24) is 5.43 Å². The van der Waals surface area contributed by atoms with Crippen LogP contribution in [0.2, 0.25) is 0 Å². The first-order chi connectivity index (χ1) is 13.6. The molecule has 0 atom stereocenters. The van der Waals surface area contributed by atoms with E-state index in [9.17, 15) is 8.42 Å². The zero-order chi connectivity index (χ0) is 22.0. The van der Waals surface area contributed by atoms with Gasteiger partial charge in [0.25, 0.3) is 10.1 Å². The summed E-state index contributed by atoms with van der Waals surface area (Å²) in [4.78, 5) is -0.343. The smallest absolute Gasteiger partial charge is 0.296 e. The largest absolute Gasteiger partial charge is 0.399 e. The molecule has 0 spiro atoms. The van der Waals surface area contributed by atoms with E-state index in [0.717, 1.165) is 22.6 Å². The van der Waals surface area contributed by atoms with Gasteiger partial charge in [0, 0.05) is 11.4 Å². The predicted octanol–water partition coefficient (Wildman–Crippen LogP) is 3.24. The Balaban J connectivity index is 0.000000387. The number of hydrogen-bond donors (Lipinski definition) is 6. The van der Waals surface area contributed by atoms with Gasteiger partial charge >= 0.3 is 0 Å². The number of hydrazine groups is 1. The van der Waals surface area contributed by atoms with Crippen molar-refractivity contribution >= 4 is 32.9 Å². The second-order valence-corrected chi connectivity index (χ2v) is 7.34. The van der Waals surface area contributed by atoms with Crippen molar-refractivity contribution in [2.45, 2.75) is 18.7 Å². The second-order valence-electron chi connectivity index (χ2n) is 5.95. The number of aryl methyl sites for hydroxylation is 1. The van der Waals surface area contributed by atoms with E-state index in [1.54, 1.807) is 30.4 Å². The molecule has 8 nitrogen and oxygen atoms in total. The van der Waals surface area contributed by atoms with E-state index < -0.39 is 10.1 Å². The van der Waals surface area contributed by atoms with Gasteiger partial charge in [0.05, 0.1) is 17.1 Å². The lowest BCUT2D eigenvalue weighted by atomic mass is 10.2. The van der Waals surface area contributed by atoms with Gasteiger partial charge in [-0.05, 0) is 68.0 Å². The molecule has 0 aromatic heterocycles. The molecule has 0 aliphatic carbocycles. The van der Waals surface area contributed by atoms with Crippen molar-refractivity contribution in [2.24, 2.45) is 0 Å². The molecule has 0 heterocycles. The van der Waals surface area contributed by atoms with Crippen molar-refractivity contribution < 1.29 is 13.0 Å². The molecule has 0 aliphatic heterocycles. The molecule has 0 bridgehead atoms. The minimum Gasteiger partial charge on any atom is -0.399 e. The molecule has 0 amide bonds. The summed E-state index contributed by atoms with van der Waals surface area (Å²) in [6.45, 7) is 7.38. The summed E-state index contributed by atoms with van der Waals surface area (Å²) in [6, 6.07) is 9.67. The molecule has 2 rings (SSSR count). The standard InChI is InChI=1S/C13H17N3O3S.C7H10N2/c1-3-5-10(6-4-2)15-16-11-7-8-12(14)13(9-11)20(17,18)19;1-5-4-6(8)2-3-7(5)9/h3-9,15-16H,1,14H2,2H3,(H,17,18,19);2-4H,8-9H2,1H3/b6-4-,10-5+;. The summed E-state index contributed by atoms with van der Waals surface area (Å²) in [5, 5.41) is 0. The number of rotatable bonds is 6. The maximum absolute atomic E-state index is 11.1. The number of nitrogen functional groups attached to an aromatic ring is 3. The molecule has 29 heavy (non-hydrogen) atoms. The number of benzene rings is 2. The van der Waals surface area contributed by atoms with Crippen LogP contribution in [0.1, 0.15) is 12.5 Å². The summed E-state index contributed by atoms with van der Waals surface area (Å²) < 4.78 is 31.3. The Morgan fingerprint density at radius 3 is 2.28 bits per heavy atom. The molecular weight excluding hydrogens is 390 g/mol. The van der Waals surface area contributed by atoms with Gasteiger partial charge in [-0.25, -0.2) is 0 Å². The SMILES string of the molecule is C=C/C=C(\C=C/C)NNc1ccc(N)c(S(=O)(=O)O)c1.Cc1cc(N)ccc1N. The van der Waals surface area contributed by atoms with Gasteiger partial charge in [-0.2, -0.15) is 8.42 Å². The number of allylic oxidation sites excluding steroid dienone is 4. The van der Waals surface area contributed by atoms with E-state index in [-0.39, 0.29) is 10.6 Å². The third-order valence-corrected chi connectivity index (χ3v) is 4.49. The highest BCUT2D eigenvalue weighted by Gasteiger charge is 2.14. The first-order valence-electron chi connectivity index (χ1n) is 8.54. The molecule has 0 aliphatic rings. The first kappa shape index (κ1) is 23.6. The van der Waals surface area contributed by atoms with Crippen LogP contribution in [0.25, 0.3) is 0 Å². The Hall–Kier alpha value is -3.43. The summed E-state index contributed by atoms with van der Waals surface area (Å²) in [5.41, 5.74) is 25.9. The monoisotopic (exact) mass is 417 g/mol. The lowest BCUT2D eigenvalue weighted by molar-refractivity contribution is 0.483. The van der Waals surface area contributed by atoms with Crippen LogP contribution in [0, 0.1) is 6.92 Å². The average Bonchev–Trinajstić information content (AvgIpc) is 2.64. The van der Waals surface area contributed by atoms with Gasteiger partial charge in [0.15, 0.2) is 0 Å². The van der Waals surface area contributed by atoms with Gasteiger partial charge in [0.2, 0.25) is 0 Å². The summed E-state index contributed by atoms with van der Waals surface area (Å²) >= 11 is 0. The molecule has 0 saturated carbocycles. The average molecular weight is 418 g/mol. The fraction of sp³-hybridized carbons (Fsp3) is 0.100. The number of nitrogens with one attached hydrogen (secondary N) is 2. The zero-order valence-corrected chi connectivity index (χ0v) is 17.2. The van der Waals surface area contributed by atoms with Crippen molar-refractivity contribution in [3.05, 3.63) is 78.5 Å². The Kier molecular flexibility index (Phi) is 8.78. The van der Waals surface area contributed by atoms with Gasteiger partial charge in [-0.15, -0.1) is 0 Å². The highest BCUT2D eigenvalue weighted by atomic mass is 32.2. The molecule has 2 aromatic rings. The second kappa shape index (κ2) is 10.8. The third kappa shape index (κ3) is 7.99. The van der Waals surface area contributed by atoms with E-state index >= 15 is 0 Å². The molecular formula is C20H27N5O3S. The minimum atomic E-state index is -4.35. The van der Waals surface area contributed by atoms with Gasteiger partial charge in [0.1, 0.15) is 4.90 Å². The lowest BCUT2D eigenvalue weighted by Crippen LogP contribution is -2.20. The van der Waals surface area contributed by atoms with Crippen LogP contribution in [0.15, 0.2) is 77.9 Å². The number of hydrogen-bond acceptors (Lipinski definition) is 7. The van der Waals surface area contributed by atoms with Crippen molar-refractivity contribution in [3.8, 4) is 0 Å². The van der Waals surface area contributed by atoms with Crippen LogP contribution >= 0.6 is 0 Å². The summed E-state index contributed by atoms with van der Waals surface area (Å²) in [7, 11) is -4.35. The van der Waals surface area contributed by atoms with Crippen LogP contribution in [0.5, 0.6) is 0 Å². The van der Waals surface area contributed by atoms with E-state index in [1.807, 2.05) is 32.1 Å². The van der Waals surface area contributed by atoms with E-state index in [1.165, 1.54) is 12.1 Å². The normalized spacial score (nSPS) is 11.5. The maximum atomic E-state index is 11.1. The fourth-order valence-electron chi connectivity index (χ4n) is 2.12. The topological polar surface area (TPSA) is 156 Å². The summed E-state index contributed by atoms with van der Waals surface area (Å²) in [6.07, 6.45) is 6.97. The fourth-order valence-corrected chi connectivity index (χ4v) is 2.77. The van der Waals surface area contributed by atoms with Crippen LogP contribution in [-0.4, -0.2) is 13.0 Å². The molecule has 0 fully saturated rings. The van der Waals surface area contributed by atoms with Crippen molar-refractivity contribution in [3.63, 3.8) is 0 Å². The molecule has 9 N–H and O–H groups in total. The van der Waals surface area contributed by atoms with Crippen LogP contribution in [0.4, 0.5) is 22.7 Å². The van der Waals surface area contributed by atoms with Crippen molar-refractivity contribution in [1.29, 1.82) is 0 Å². The van der Waals surface area contributed by atoms with Crippen molar-refractivity contribution in [2.75, 3.05) is 22.6 Å². The van der Waals surface area contributed by atoms with Crippen LogP contribution < -0.4 is 28.1 Å². The first-order valence-corrected chi connectivity index (χ1v) is 9.98. The Labute approximate surface area is 171 Å². The quantitative estimate of drug-likeness (QED) is 0.181. The third-order valence-electron chi connectivity index (χ3n) is 3.58. The highest BCUT2D eigenvalue weighted by molar-refractivity contribution is 7.86. The molecule has 156 valence electrons. The van der Waals surface area contributed by atoms with Crippen LogP contribution in [-0.2, 0) is 10.1 Å². The van der Waals surface area contributed by atoms with E-state index in [2.05, 4.69) is 17.4 Å². The van der Waals surface area contributed by atoms with Gasteiger partial charge in [-0.1, -0.05) is 18.7 Å². The number of anilines is 4. The Bertz CT molecular complexity index is 1010. The Morgan fingerprint density at radius 1 is 1.10 bits per heavy atom. The highest BCUT2D eigenvalue weighted by Crippen LogP contribution is 2.22. The minimum absolute atomic E-state index is 0.0200. The number of nitrogens with two attached hydrogens (primary N) is 3. The lowest BCUT2D eigenvalue weighted by Gasteiger charge is -2.12. The molecule has 0 unspecified atom stereocenters. The molecule has 0 radical (unpaired) electrons. The van der Waals surface area contributed by atoms with Gasteiger partial charge in [-0.3, -0.25) is 4.55 Å². The molecule has 0 saturated heterocycles. The summed E-state index contributed by atoms with van der Waals surface area (Å²) in [5.74, 6) is 0. The van der Waals surface area contributed by atoms with E-state index in [0.29, 0.717) is 5.69 Å². The molecule has 2 aromatic carbocycles. The Morgan fingerprint density at radius 2 is 1.76 bits per heavy atom. The zero-order valence-electron chi connectivity index (χ0n) is 16.4. The predicted molar refractivity (Wildman–Crippen MR) is 121 cm³/mol. The maximum Gasteiger partial charge on any atom is 0.296 e. The molecule has 9 heteroatoms.